The average Bonchev–Trinajstić information content (AvgIpc) is 2.63. The lowest BCUT2D eigenvalue weighted by Crippen LogP contribution is -2.56. The third-order valence-corrected chi connectivity index (χ3v) is 4.79. The molecule has 0 aromatic heterocycles. The number of allylic oxidation sites excluding steroid dienone is 1. The molecule has 3 atom stereocenters. The zero-order chi connectivity index (χ0) is 22.0. The number of carboxylic acid groups (broad SMARTS) is 1. The van der Waals surface area contributed by atoms with Crippen molar-refractivity contribution in [1.29, 1.82) is 0 Å². The van der Waals surface area contributed by atoms with Crippen LogP contribution in [0.3, 0.4) is 0 Å². The summed E-state index contributed by atoms with van der Waals surface area (Å²) in [5.41, 5.74) is 13.1. The predicted octanol–water partition coefficient (Wildman–Crippen LogP) is -2.58. The summed E-state index contributed by atoms with van der Waals surface area (Å²) in [7, 11) is 0. The van der Waals surface area contributed by atoms with Gasteiger partial charge < -0.3 is 37.8 Å². The normalized spacial score (nSPS) is 15.9. The summed E-state index contributed by atoms with van der Waals surface area (Å²) < 4.78 is 0. The Labute approximate surface area is 174 Å². The molecule has 1 aliphatic rings. The molecule has 0 saturated heterocycles. The van der Waals surface area contributed by atoms with Crippen molar-refractivity contribution in [2.75, 3.05) is 25.4 Å². The van der Waals surface area contributed by atoms with Gasteiger partial charge in [-0.1, -0.05) is 0 Å². The van der Waals surface area contributed by atoms with Crippen molar-refractivity contribution in [2.24, 2.45) is 11.5 Å². The molecular formula is C17H30N6O5S. The molecule has 0 heterocycles. The Bertz CT molecular complexity index is 650. The van der Waals surface area contributed by atoms with Crippen molar-refractivity contribution in [3.63, 3.8) is 0 Å². The number of nitrogens with two attached hydrogens (primary N) is 2. The molecule has 11 nitrogen and oxygen atoms in total. The summed E-state index contributed by atoms with van der Waals surface area (Å²) >= 11 is 3.87. The van der Waals surface area contributed by atoms with Gasteiger partial charge in [0.2, 0.25) is 17.7 Å². The van der Waals surface area contributed by atoms with Crippen LogP contribution in [0.15, 0.2) is 11.3 Å². The highest BCUT2D eigenvalue weighted by molar-refractivity contribution is 7.80. The van der Waals surface area contributed by atoms with Crippen LogP contribution in [0, 0.1) is 0 Å². The van der Waals surface area contributed by atoms with Crippen molar-refractivity contribution in [3.05, 3.63) is 11.3 Å². The lowest BCUT2D eigenvalue weighted by atomic mass is 9.88. The molecule has 12 heteroatoms. The third-order valence-electron chi connectivity index (χ3n) is 4.42. The van der Waals surface area contributed by atoms with E-state index in [1.54, 1.807) is 0 Å². The smallest absolute Gasteiger partial charge is 0.327 e. The first kappa shape index (κ1) is 24.7. The van der Waals surface area contributed by atoms with Gasteiger partial charge in [-0.15, -0.1) is 0 Å². The molecule has 3 amide bonds. The summed E-state index contributed by atoms with van der Waals surface area (Å²) in [4.78, 5) is 46.9. The molecule has 1 aliphatic carbocycles. The van der Waals surface area contributed by atoms with Crippen LogP contribution >= 0.6 is 12.6 Å². The first-order valence-electron chi connectivity index (χ1n) is 9.29. The fourth-order valence-corrected chi connectivity index (χ4v) is 2.97. The highest BCUT2D eigenvalue weighted by Crippen LogP contribution is 2.28. The molecular weight excluding hydrogens is 400 g/mol. The zero-order valence-corrected chi connectivity index (χ0v) is 17.3. The van der Waals surface area contributed by atoms with Gasteiger partial charge in [0.25, 0.3) is 0 Å². The van der Waals surface area contributed by atoms with Crippen molar-refractivity contribution in [2.45, 2.75) is 44.3 Å². The van der Waals surface area contributed by atoms with Gasteiger partial charge in [0.15, 0.2) is 0 Å². The lowest BCUT2D eigenvalue weighted by Gasteiger charge is -2.29. The average molecular weight is 431 g/mol. The fourth-order valence-electron chi connectivity index (χ4n) is 2.72. The van der Waals surface area contributed by atoms with E-state index in [1.165, 1.54) is 6.92 Å². The van der Waals surface area contributed by atoms with Gasteiger partial charge in [-0.3, -0.25) is 14.4 Å². The summed E-state index contributed by atoms with van der Waals surface area (Å²) in [5.74, 6) is -2.79. The summed E-state index contributed by atoms with van der Waals surface area (Å²) in [6.45, 7) is 1.19. The van der Waals surface area contributed by atoms with Gasteiger partial charge in [-0.2, -0.15) is 12.6 Å². The van der Waals surface area contributed by atoms with Gasteiger partial charge in [-0.25, -0.2) is 4.79 Å². The maximum absolute atomic E-state index is 12.3. The number of carboxylic acids is 1. The monoisotopic (exact) mass is 430 g/mol. The van der Waals surface area contributed by atoms with Crippen LogP contribution in [0.5, 0.6) is 0 Å². The van der Waals surface area contributed by atoms with Gasteiger partial charge >= 0.3 is 5.97 Å². The van der Waals surface area contributed by atoms with Crippen molar-refractivity contribution >= 4 is 36.3 Å². The second kappa shape index (κ2) is 12.3. The molecule has 1 saturated carbocycles. The van der Waals surface area contributed by atoms with Crippen LogP contribution in [0.1, 0.15) is 26.2 Å². The van der Waals surface area contributed by atoms with E-state index in [0.29, 0.717) is 5.70 Å². The van der Waals surface area contributed by atoms with E-state index in [-0.39, 0.29) is 31.3 Å². The Morgan fingerprint density at radius 1 is 1.03 bits per heavy atom. The third kappa shape index (κ3) is 7.91. The number of thiol groups is 1. The Kier molecular flexibility index (Phi) is 10.5. The Morgan fingerprint density at radius 2 is 1.66 bits per heavy atom. The van der Waals surface area contributed by atoms with Crippen LogP contribution in [0.2, 0.25) is 0 Å². The van der Waals surface area contributed by atoms with E-state index >= 15 is 0 Å². The van der Waals surface area contributed by atoms with Crippen LogP contribution in [0.4, 0.5) is 0 Å². The molecule has 9 N–H and O–H groups in total. The Hall–Kier alpha value is -2.31. The van der Waals surface area contributed by atoms with Crippen LogP contribution in [0.25, 0.3) is 0 Å². The highest BCUT2D eigenvalue weighted by Gasteiger charge is 2.26. The lowest BCUT2D eigenvalue weighted by molar-refractivity contribution is -0.141. The molecule has 0 spiro atoms. The molecule has 0 aromatic carbocycles. The zero-order valence-electron chi connectivity index (χ0n) is 16.4. The van der Waals surface area contributed by atoms with E-state index in [1.807, 2.05) is 0 Å². The first-order valence-corrected chi connectivity index (χ1v) is 9.93. The summed E-state index contributed by atoms with van der Waals surface area (Å²) in [6.07, 6.45) is 2.73. The van der Waals surface area contributed by atoms with E-state index in [2.05, 4.69) is 33.9 Å². The van der Waals surface area contributed by atoms with Crippen LogP contribution in [-0.2, 0) is 19.2 Å². The molecule has 1 rings (SSSR count). The van der Waals surface area contributed by atoms with Gasteiger partial charge in [0.1, 0.15) is 12.1 Å². The number of carbonyl (C=O) groups is 4. The molecule has 29 heavy (non-hydrogen) atoms. The molecule has 164 valence electrons. The standard InChI is InChI=1S/C17H30N6O5S/c1-9(24)21-11(5-18)15(10-3-2-4-10)20-7-14(25)22-12(6-19)16(26)23-13(8-29)17(27)28/h11-13,20,29H,2-8,18-19H2,1H3,(H,21,24)(H,22,25)(H,23,26)(H,27,28). The van der Waals surface area contributed by atoms with Gasteiger partial charge in [0.05, 0.1) is 12.6 Å². The SMILES string of the molecule is CC(=O)NC(CN)C(NCC(=O)NC(CN)C(=O)NC(CS)C(=O)O)=C1CCC1. The number of nitrogens with one attached hydrogen (secondary N) is 4. The largest absolute Gasteiger partial charge is 0.480 e. The topological polar surface area (TPSA) is 189 Å². The number of aliphatic carboxylic acids is 1. The minimum absolute atomic E-state index is 0.103. The molecule has 0 radical (unpaired) electrons. The molecule has 0 bridgehead atoms. The number of hydrogen-bond donors (Lipinski definition) is 8. The minimum atomic E-state index is -1.24. The second-order valence-corrected chi connectivity index (χ2v) is 7.02. The molecule has 0 aliphatic heterocycles. The second-order valence-electron chi connectivity index (χ2n) is 6.65. The number of rotatable bonds is 12. The van der Waals surface area contributed by atoms with Gasteiger partial charge in [-0.05, 0) is 24.8 Å². The molecule has 0 aromatic rings. The van der Waals surface area contributed by atoms with E-state index in [4.69, 9.17) is 16.6 Å². The van der Waals surface area contributed by atoms with Crippen molar-refractivity contribution in [3.8, 4) is 0 Å². The molecule has 1 fully saturated rings. The summed E-state index contributed by atoms with van der Waals surface area (Å²) in [5, 5.41) is 19.5. The first-order chi connectivity index (χ1) is 13.7. The van der Waals surface area contributed by atoms with E-state index in [0.717, 1.165) is 24.8 Å². The van der Waals surface area contributed by atoms with Crippen LogP contribution in [-0.4, -0.2) is 72.3 Å². The van der Waals surface area contributed by atoms with Crippen molar-refractivity contribution in [1.82, 2.24) is 21.3 Å². The Balaban J connectivity index is 2.69. The quantitative estimate of drug-likeness (QED) is 0.155. The predicted molar refractivity (Wildman–Crippen MR) is 110 cm³/mol. The maximum atomic E-state index is 12.3. The minimum Gasteiger partial charge on any atom is -0.480 e. The molecule has 3 unspecified atom stereocenters. The van der Waals surface area contributed by atoms with Crippen molar-refractivity contribution < 1.29 is 24.3 Å². The van der Waals surface area contributed by atoms with Crippen LogP contribution < -0.4 is 32.7 Å². The maximum Gasteiger partial charge on any atom is 0.327 e. The number of hydrogen-bond acceptors (Lipinski definition) is 8. The highest BCUT2D eigenvalue weighted by atomic mass is 32.1. The number of carbonyl (C=O) groups excluding carboxylic acids is 3. The van der Waals surface area contributed by atoms with E-state index in [9.17, 15) is 19.2 Å². The van der Waals surface area contributed by atoms with Gasteiger partial charge in [0, 0.05) is 31.5 Å². The van der Waals surface area contributed by atoms with E-state index < -0.39 is 35.9 Å². The Morgan fingerprint density at radius 3 is 2.07 bits per heavy atom. The number of amides is 3. The summed E-state index contributed by atoms with van der Waals surface area (Å²) in [6, 6.07) is -2.71. The fraction of sp³-hybridized carbons (Fsp3) is 0.647.